The van der Waals surface area contributed by atoms with Crippen LogP contribution in [-0.2, 0) is 9.47 Å². The Morgan fingerprint density at radius 2 is 2.00 bits per heavy atom. The summed E-state index contributed by atoms with van der Waals surface area (Å²) in [5.74, 6) is -0.0371. The molecule has 0 aromatic carbocycles. The van der Waals surface area contributed by atoms with Gasteiger partial charge in [0.2, 0.25) is 0 Å². The van der Waals surface area contributed by atoms with Crippen molar-refractivity contribution in [3.05, 3.63) is 15.6 Å². The standard InChI is InChI=1S/C10H15NO3S/c1-6-7(2)15-10(11-6)8(12)5-9(13-3)14-4/h9H,5H2,1-4H3. The van der Waals surface area contributed by atoms with Crippen LogP contribution in [0.2, 0.25) is 0 Å². The van der Waals surface area contributed by atoms with Crippen LogP contribution in [0.3, 0.4) is 0 Å². The number of ketones is 1. The van der Waals surface area contributed by atoms with Gasteiger partial charge in [-0.15, -0.1) is 11.3 Å². The predicted octanol–water partition coefficient (Wildman–Crippen LogP) is 1.95. The van der Waals surface area contributed by atoms with Gasteiger partial charge in [-0.3, -0.25) is 4.79 Å². The molecule has 0 N–H and O–H groups in total. The molecule has 5 heteroatoms. The van der Waals surface area contributed by atoms with Crippen molar-refractivity contribution in [1.29, 1.82) is 0 Å². The molecule has 0 amide bonds. The van der Waals surface area contributed by atoms with Gasteiger partial charge in [0.1, 0.15) is 0 Å². The van der Waals surface area contributed by atoms with Crippen LogP contribution in [0.1, 0.15) is 26.8 Å². The summed E-state index contributed by atoms with van der Waals surface area (Å²) in [5, 5.41) is 0.532. The van der Waals surface area contributed by atoms with Crippen LogP contribution in [-0.4, -0.2) is 31.3 Å². The van der Waals surface area contributed by atoms with Crippen molar-refractivity contribution in [2.45, 2.75) is 26.6 Å². The van der Waals surface area contributed by atoms with Crippen LogP contribution in [0, 0.1) is 13.8 Å². The molecule has 0 atom stereocenters. The predicted molar refractivity (Wildman–Crippen MR) is 58.3 cm³/mol. The molecule has 1 rings (SSSR count). The summed E-state index contributed by atoms with van der Waals surface area (Å²) >= 11 is 1.41. The molecule has 0 spiro atoms. The number of Topliss-reactive ketones (excluding diaryl/α,β-unsaturated/α-hetero) is 1. The van der Waals surface area contributed by atoms with Gasteiger partial charge in [0, 0.05) is 19.1 Å². The maximum atomic E-state index is 11.7. The summed E-state index contributed by atoms with van der Waals surface area (Å²) in [6.07, 6.45) is -0.277. The summed E-state index contributed by atoms with van der Waals surface area (Å²) in [6, 6.07) is 0. The second-order valence-corrected chi connectivity index (χ2v) is 4.39. The van der Waals surface area contributed by atoms with E-state index in [1.54, 1.807) is 0 Å². The van der Waals surface area contributed by atoms with Gasteiger partial charge >= 0.3 is 0 Å². The van der Waals surface area contributed by atoms with Crippen LogP contribution >= 0.6 is 11.3 Å². The van der Waals surface area contributed by atoms with Crippen LogP contribution in [0.25, 0.3) is 0 Å². The summed E-state index contributed by atoms with van der Waals surface area (Å²) in [7, 11) is 3.03. The number of methoxy groups -OCH3 is 2. The zero-order valence-corrected chi connectivity index (χ0v) is 10.2. The quantitative estimate of drug-likeness (QED) is 0.572. The van der Waals surface area contributed by atoms with E-state index in [1.165, 1.54) is 25.6 Å². The lowest BCUT2D eigenvalue weighted by Crippen LogP contribution is -2.18. The largest absolute Gasteiger partial charge is 0.355 e. The molecule has 15 heavy (non-hydrogen) atoms. The number of thiazole rings is 1. The molecule has 0 saturated carbocycles. The molecular formula is C10H15NO3S. The molecule has 4 nitrogen and oxygen atoms in total. The Balaban J connectivity index is 2.68. The van der Waals surface area contributed by atoms with Gasteiger partial charge in [-0.05, 0) is 13.8 Å². The summed E-state index contributed by atoms with van der Waals surface area (Å²) in [4.78, 5) is 17.0. The minimum atomic E-state index is -0.484. The molecule has 0 unspecified atom stereocenters. The van der Waals surface area contributed by atoms with Crippen molar-refractivity contribution in [2.75, 3.05) is 14.2 Å². The average Bonchev–Trinajstić information content (AvgIpc) is 2.55. The first-order valence-electron chi connectivity index (χ1n) is 4.61. The van der Waals surface area contributed by atoms with E-state index in [-0.39, 0.29) is 12.2 Å². The van der Waals surface area contributed by atoms with Gasteiger partial charge in [-0.1, -0.05) is 0 Å². The minimum absolute atomic E-state index is 0.0371. The third kappa shape index (κ3) is 3.09. The normalized spacial score (nSPS) is 11.0. The molecule has 0 bridgehead atoms. The zero-order chi connectivity index (χ0) is 11.4. The van der Waals surface area contributed by atoms with E-state index in [1.807, 2.05) is 13.8 Å². The Bertz CT molecular complexity index is 325. The third-order valence-corrected chi connectivity index (χ3v) is 3.26. The number of aromatic nitrogens is 1. The monoisotopic (exact) mass is 229 g/mol. The minimum Gasteiger partial charge on any atom is -0.355 e. The molecule has 1 aromatic rings. The summed E-state index contributed by atoms with van der Waals surface area (Å²) < 4.78 is 9.92. The maximum Gasteiger partial charge on any atom is 0.196 e. The van der Waals surface area contributed by atoms with Crippen molar-refractivity contribution < 1.29 is 14.3 Å². The highest BCUT2D eigenvalue weighted by molar-refractivity contribution is 7.13. The number of ether oxygens (including phenoxy) is 2. The van der Waals surface area contributed by atoms with Gasteiger partial charge in [0.15, 0.2) is 17.1 Å². The lowest BCUT2D eigenvalue weighted by molar-refractivity contribution is -0.0993. The van der Waals surface area contributed by atoms with E-state index in [2.05, 4.69) is 4.98 Å². The number of carbonyl (C=O) groups excluding carboxylic acids is 1. The van der Waals surface area contributed by atoms with Gasteiger partial charge in [0.25, 0.3) is 0 Å². The molecule has 0 aliphatic heterocycles. The number of hydrogen-bond donors (Lipinski definition) is 0. The smallest absolute Gasteiger partial charge is 0.196 e. The maximum absolute atomic E-state index is 11.7. The summed E-state index contributed by atoms with van der Waals surface area (Å²) in [6.45, 7) is 3.85. The molecule has 1 heterocycles. The van der Waals surface area contributed by atoms with Crippen molar-refractivity contribution in [1.82, 2.24) is 4.98 Å². The van der Waals surface area contributed by atoms with Crippen molar-refractivity contribution in [2.24, 2.45) is 0 Å². The summed E-state index contributed by atoms with van der Waals surface area (Å²) in [5.41, 5.74) is 0.912. The van der Waals surface area contributed by atoms with Gasteiger partial charge in [-0.2, -0.15) is 0 Å². The second kappa shape index (κ2) is 5.34. The lowest BCUT2D eigenvalue weighted by Gasteiger charge is -2.10. The van der Waals surface area contributed by atoms with Crippen LogP contribution in [0.4, 0.5) is 0 Å². The fourth-order valence-corrected chi connectivity index (χ4v) is 1.96. The number of rotatable bonds is 5. The third-order valence-electron chi connectivity index (χ3n) is 2.14. The molecule has 0 saturated heterocycles. The molecule has 0 aliphatic rings. The zero-order valence-electron chi connectivity index (χ0n) is 9.36. The van der Waals surface area contributed by atoms with Crippen molar-refractivity contribution in [3.63, 3.8) is 0 Å². The topological polar surface area (TPSA) is 48.4 Å². The van der Waals surface area contributed by atoms with E-state index in [0.717, 1.165) is 10.6 Å². The first-order chi connectivity index (χ1) is 7.08. The molecular weight excluding hydrogens is 214 g/mol. The number of hydrogen-bond acceptors (Lipinski definition) is 5. The highest BCUT2D eigenvalue weighted by atomic mass is 32.1. The Kier molecular flexibility index (Phi) is 4.38. The average molecular weight is 229 g/mol. The van der Waals surface area contributed by atoms with Gasteiger partial charge in [-0.25, -0.2) is 4.98 Å². The SMILES string of the molecule is COC(CC(=O)c1nc(C)c(C)s1)OC. The van der Waals surface area contributed by atoms with Gasteiger partial charge in [0.05, 0.1) is 12.1 Å². The van der Waals surface area contributed by atoms with E-state index in [9.17, 15) is 4.79 Å². The van der Waals surface area contributed by atoms with E-state index < -0.39 is 6.29 Å². The molecule has 0 fully saturated rings. The first kappa shape index (κ1) is 12.3. The number of nitrogens with zero attached hydrogens (tertiary/aromatic N) is 1. The second-order valence-electron chi connectivity index (χ2n) is 3.19. The van der Waals surface area contributed by atoms with E-state index >= 15 is 0 Å². The van der Waals surface area contributed by atoms with Gasteiger partial charge < -0.3 is 9.47 Å². The van der Waals surface area contributed by atoms with E-state index in [0.29, 0.717) is 5.01 Å². The Hall–Kier alpha value is -0.780. The molecule has 0 radical (unpaired) electrons. The Labute approximate surface area is 93.2 Å². The fourth-order valence-electron chi connectivity index (χ4n) is 1.09. The number of aryl methyl sites for hydroxylation is 2. The highest BCUT2D eigenvalue weighted by Gasteiger charge is 2.17. The molecule has 84 valence electrons. The molecule has 1 aromatic heterocycles. The van der Waals surface area contributed by atoms with Crippen LogP contribution < -0.4 is 0 Å². The van der Waals surface area contributed by atoms with E-state index in [4.69, 9.17) is 9.47 Å². The number of carbonyl (C=O) groups is 1. The van der Waals surface area contributed by atoms with Crippen molar-refractivity contribution in [3.8, 4) is 0 Å². The van der Waals surface area contributed by atoms with Crippen LogP contribution in [0.5, 0.6) is 0 Å². The Morgan fingerprint density at radius 3 is 2.40 bits per heavy atom. The van der Waals surface area contributed by atoms with Crippen LogP contribution in [0.15, 0.2) is 0 Å². The lowest BCUT2D eigenvalue weighted by atomic mass is 10.3. The molecule has 0 aliphatic carbocycles. The first-order valence-corrected chi connectivity index (χ1v) is 5.43. The highest BCUT2D eigenvalue weighted by Crippen LogP contribution is 2.18. The Morgan fingerprint density at radius 1 is 1.40 bits per heavy atom. The van der Waals surface area contributed by atoms with Crippen molar-refractivity contribution >= 4 is 17.1 Å². The fraction of sp³-hybridized carbons (Fsp3) is 0.600.